The van der Waals surface area contributed by atoms with Crippen LogP contribution in [-0.4, -0.2) is 31.6 Å². The summed E-state index contributed by atoms with van der Waals surface area (Å²) in [4.78, 5) is 13.5. The maximum atomic E-state index is 12.4. The Balaban J connectivity index is 1.28. The number of ether oxygens (including phenoxy) is 2. The first-order chi connectivity index (χ1) is 19.0. The summed E-state index contributed by atoms with van der Waals surface area (Å²) in [6, 6.07) is 20.1. The van der Waals surface area contributed by atoms with Crippen LogP contribution in [0.25, 0.3) is 0 Å². The zero-order valence-electron chi connectivity index (χ0n) is 22.2. The van der Waals surface area contributed by atoms with E-state index in [4.69, 9.17) is 21.1 Å². The van der Waals surface area contributed by atoms with E-state index < -0.39 is 0 Å². The molecule has 39 heavy (non-hydrogen) atoms. The van der Waals surface area contributed by atoms with Crippen molar-refractivity contribution in [1.82, 2.24) is 5.43 Å². The molecule has 3 atom stereocenters. The summed E-state index contributed by atoms with van der Waals surface area (Å²) in [6.45, 7) is 1.92. The van der Waals surface area contributed by atoms with E-state index in [1.807, 2.05) is 49.4 Å². The summed E-state index contributed by atoms with van der Waals surface area (Å²) in [7, 11) is 3.35. The molecule has 1 heterocycles. The molecule has 3 aromatic rings. The molecule has 2 aliphatic rings. The van der Waals surface area contributed by atoms with Crippen LogP contribution in [0, 0.1) is 5.92 Å². The first kappa shape index (κ1) is 27.2. The molecule has 2 N–H and O–H groups in total. The Morgan fingerprint density at radius 3 is 2.69 bits per heavy atom. The summed E-state index contributed by atoms with van der Waals surface area (Å²) in [5.41, 5.74) is 7.91. The molecule has 1 amide bonds. The second-order valence-corrected chi connectivity index (χ2v) is 11.2. The fourth-order valence-electron chi connectivity index (χ4n) is 5.34. The van der Waals surface area contributed by atoms with E-state index >= 15 is 0 Å². The van der Waals surface area contributed by atoms with E-state index in [0.29, 0.717) is 23.1 Å². The van der Waals surface area contributed by atoms with E-state index in [9.17, 15) is 4.79 Å². The number of benzene rings is 3. The second kappa shape index (κ2) is 12.2. The van der Waals surface area contributed by atoms with Crippen LogP contribution in [0.15, 0.2) is 82.8 Å². The number of hydrogen-bond donors (Lipinski definition) is 2. The minimum absolute atomic E-state index is 0.0909. The van der Waals surface area contributed by atoms with Gasteiger partial charge in [-0.2, -0.15) is 5.10 Å². The minimum Gasteiger partial charge on any atom is -0.493 e. The molecule has 5 rings (SSSR count). The smallest absolute Gasteiger partial charge is 0.240 e. The van der Waals surface area contributed by atoms with Gasteiger partial charge < -0.3 is 14.8 Å². The summed E-state index contributed by atoms with van der Waals surface area (Å²) in [5, 5.41) is 8.87. The lowest BCUT2D eigenvalue weighted by Crippen LogP contribution is -2.29. The Morgan fingerprint density at radius 2 is 1.92 bits per heavy atom. The minimum atomic E-state index is -0.107. The number of nitrogens with one attached hydrogen (secondary N) is 2. The molecular weight excluding hydrogens is 530 g/mol. The normalized spacial score (nSPS) is 19.6. The van der Waals surface area contributed by atoms with Crippen molar-refractivity contribution in [3.05, 3.63) is 94.5 Å². The molecule has 0 saturated heterocycles. The molecule has 8 heteroatoms. The highest BCUT2D eigenvalue weighted by molar-refractivity contribution is 7.99. The maximum Gasteiger partial charge on any atom is 0.240 e. The number of nitrogens with zero attached hydrogens (tertiary/aromatic N) is 1. The van der Waals surface area contributed by atoms with Crippen LogP contribution in [0.3, 0.4) is 0 Å². The van der Waals surface area contributed by atoms with Gasteiger partial charge in [0.2, 0.25) is 5.91 Å². The van der Waals surface area contributed by atoms with Gasteiger partial charge in [-0.15, -0.1) is 11.8 Å². The van der Waals surface area contributed by atoms with Gasteiger partial charge in [-0.3, -0.25) is 4.79 Å². The number of anilines is 1. The Kier molecular flexibility index (Phi) is 8.48. The molecule has 1 aliphatic carbocycles. The number of fused-ring (bicyclic) bond motifs is 3. The Labute approximate surface area is 238 Å². The number of methoxy groups -OCH3 is 2. The van der Waals surface area contributed by atoms with Gasteiger partial charge in [0.05, 0.1) is 26.0 Å². The van der Waals surface area contributed by atoms with E-state index in [1.165, 1.54) is 5.56 Å². The summed E-state index contributed by atoms with van der Waals surface area (Å²) in [5.74, 6) is 2.69. The van der Waals surface area contributed by atoms with Gasteiger partial charge in [-0.25, -0.2) is 5.43 Å². The number of rotatable bonds is 9. The van der Waals surface area contributed by atoms with Crippen LogP contribution >= 0.6 is 23.4 Å². The number of amides is 1. The lowest BCUT2D eigenvalue weighted by atomic mass is 9.76. The van der Waals surface area contributed by atoms with Crippen molar-refractivity contribution in [1.29, 1.82) is 0 Å². The van der Waals surface area contributed by atoms with Crippen molar-refractivity contribution >= 4 is 40.7 Å². The predicted molar refractivity (Wildman–Crippen MR) is 159 cm³/mol. The van der Waals surface area contributed by atoms with Gasteiger partial charge >= 0.3 is 0 Å². The Hall–Kier alpha value is -3.42. The third kappa shape index (κ3) is 5.94. The van der Waals surface area contributed by atoms with E-state index in [1.54, 1.807) is 26.0 Å². The number of hydrogen-bond acceptors (Lipinski definition) is 6. The SMILES string of the molecule is COc1cccc([C@@H]2Nc3ccc(/C(C)=N\NC(=O)CCSc4ccc(Cl)cc4)cc3[C@@H]3C=CC[C@@H]32)c1OC. The fraction of sp³-hybridized carbons (Fsp3) is 0.290. The highest BCUT2D eigenvalue weighted by Gasteiger charge is 2.39. The molecule has 0 saturated carbocycles. The standard InChI is InChI=1S/C31H32ClN3O3S/c1-19(34-35-29(36)16-17-39-22-13-11-21(32)12-14-22)20-10-15-27-26(18-20)23-6-4-7-24(23)30(33-27)25-8-5-9-28(37-2)31(25)38-3/h4-6,8-15,18,23-24,30,33H,7,16-17H2,1-3H3,(H,35,36)/b34-19-/t23-,24+,30-/m1/s1. The largest absolute Gasteiger partial charge is 0.493 e. The molecular formula is C31H32ClN3O3S. The number of carbonyl (C=O) groups is 1. The molecule has 0 bridgehead atoms. The average Bonchev–Trinajstić information content (AvgIpc) is 3.46. The van der Waals surface area contributed by atoms with Crippen LogP contribution in [0.1, 0.15) is 48.4 Å². The van der Waals surface area contributed by atoms with Crippen LogP contribution < -0.4 is 20.2 Å². The third-order valence-corrected chi connectivity index (χ3v) is 8.57. The lowest BCUT2D eigenvalue weighted by Gasteiger charge is -2.38. The van der Waals surface area contributed by atoms with Crippen molar-refractivity contribution in [3.63, 3.8) is 0 Å². The van der Waals surface area contributed by atoms with Crippen LogP contribution in [-0.2, 0) is 4.79 Å². The molecule has 1 aliphatic heterocycles. The van der Waals surface area contributed by atoms with Crippen molar-refractivity contribution in [3.8, 4) is 11.5 Å². The summed E-state index contributed by atoms with van der Waals surface area (Å²) >= 11 is 7.55. The molecule has 6 nitrogen and oxygen atoms in total. The van der Waals surface area contributed by atoms with Crippen LogP contribution in [0.4, 0.5) is 5.69 Å². The molecule has 3 aromatic carbocycles. The molecule has 0 fully saturated rings. The van der Waals surface area contributed by atoms with Gasteiger partial charge in [-0.05, 0) is 72.9 Å². The first-order valence-electron chi connectivity index (χ1n) is 13.0. The topological polar surface area (TPSA) is 72.0 Å². The molecule has 0 unspecified atom stereocenters. The van der Waals surface area contributed by atoms with E-state index in [0.717, 1.165) is 45.3 Å². The van der Waals surface area contributed by atoms with Gasteiger partial charge in [0, 0.05) is 39.3 Å². The van der Waals surface area contributed by atoms with Crippen molar-refractivity contribution in [2.75, 3.05) is 25.3 Å². The van der Waals surface area contributed by atoms with E-state index in [2.05, 4.69) is 46.2 Å². The Bertz CT molecular complexity index is 1410. The monoisotopic (exact) mass is 561 g/mol. The zero-order chi connectivity index (χ0) is 27.4. The predicted octanol–water partition coefficient (Wildman–Crippen LogP) is 7.21. The number of hydrazone groups is 1. The first-order valence-corrected chi connectivity index (χ1v) is 14.3. The van der Waals surface area contributed by atoms with Gasteiger partial charge in [-0.1, -0.05) is 42.0 Å². The number of allylic oxidation sites excluding steroid dienone is 2. The van der Waals surface area contributed by atoms with Crippen LogP contribution in [0.5, 0.6) is 11.5 Å². The van der Waals surface area contributed by atoms with E-state index in [-0.39, 0.29) is 17.9 Å². The molecule has 0 aromatic heterocycles. The van der Waals surface area contributed by atoms with Crippen molar-refractivity contribution in [2.24, 2.45) is 11.0 Å². The Morgan fingerprint density at radius 1 is 1.10 bits per heavy atom. The number of halogens is 1. The van der Waals surface area contributed by atoms with Crippen molar-refractivity contribution in [2.45, 2.75) is 36.6 Å². The van der Waals surface area contributed by atoms with Crippen LogP contribution in [0.2, 0.25) is 5.02 Å². The maximum absolute atomic E-state index is 12.4. The highest BCUT2D eigenvalue weighted by atomic mass is 35.5. The average molecular weight is 562 g/mol. The zero-order valence-corrected chi connectivity index (χ0v) is 23.8. The van der Waals surface area contributed by atoms with Gasteiger partial charge in [0.15, 0.2) is 11.5 Å². The number of carbonyl (C=O) groups excluding carboxylic acids is 1. The molecule has 202 valence electrons. The molecule has 0 spiro atoms. The van der Waals surface area contributed by atoms with Gasteiger partial charge in [0.1, 0.15) is 0 Å². The fourth-order valence-corrected chi connectivity index (χ4v) is 6.32. The van der Waals surface area contributed by atoms with Crippen molar-refractivity contribution < 1.29 is 14.3 Å². The second-order valence-electron chi connectivity index (χ2n) is 9.64. The molecule has 0 radical (unpaired) electrons. The lowest BCUT2D eigenvalue weighted by molar-refractivity contribution is -0.120. The number of thioether (sulfide) groups is 1. The summed E-state index contributed by atoms with van der Waals surface area (Å²) in [6.07, 6.45) is 5.92. The van der Waals surface area contributed by atoms with Gasteiger partial charge in [0.25, 0.3) is 0 Å². The summed E-state index contributed by atoms with van der Waals surface area (Å²) < 4.78 is 11.3. The highest BCUT2D eigenvalue weighted by Crippen LogP contribution is 2.52. The third-order valence-electron chi connectivity index (χ3n) is 7.31. The quantitative estimate of drug-likeness (QED) is 0.125. The number of para-hydroxylation sites is 1.